The molecule has 0 aromatic carbocycles. The van der Waals surface area contributed by atoms with Crippen molar-refractivity contribution >= 4 is 11.3 Å². The Bertz CT molecular complexity index is 315. The van der Waals surface area contributed by atoms with Gasteiger partial charge in [0.05, 0.1) is 0 Å². The van der Waals surface area contributed by atoms with Gasteiger partial charge < -0.3 is 10.2 Å². The Hall–Kier alpha value is -0.380. The molecule has 1 N–H and O–H groups in total. The molecule has 0 aliphatic carbocycles. The molecule has 16 heavy (non-hydrogen) atoms. The number of hydrogen-bond acceptors (Lipinski definition) is 3. The van der Waals surface area contributed by atoms with Gasteiger partial charge >= 0.3 is 0 Å². The quantitative estimate of drug-likeness (QED) is 0.860. The third-order valence-corrected chi connectivity index (χ3v) is 4.79. The van der Waals surface area contributed by atoms with Crippen molar-refractivity contribution in [2.45, 2.75) is 25.3 Å². The zero-order valence-electron chi connectivity index (χ0n) is 9.69. The van der Waals surface area contributed by atoms with E-state index >= 15 is 0 Å². The van der Waals surface area contributed by atoms with E-state index < -0.39 is 0 Å². The fourth-order valence-corrected chi connectivity index (χ4v) is 3.74. The Morgan fingerprint density at radius 3 is 2.88 bits per heavy atom. The number of hydrogen-bond donors (Lipinski definition) is 1. The molecule has 0 radical (unpaired) electrons. The van der Waals surface area contributed by atoms with Gasteiger partial charge in [0.1, 0.15) is 0 Å². The van der Waals surface area contributed by atoms with E-state index in [1.807, 2.05) is 0 Å². The second kappa shape index (κ2) is 4.86. The van der Waals surface area contributed by atoms with Crippen molar-refractivity contribution < 1.29 is 0 Å². The molecule has 1 atom stereocenters. The lowest BCUT2D eigenvalue weighted by Gasteiger charge is -2.45. The molecule has 88 valence electrons. The largest absolute Gasteiger partial charge is 0.312 e. The average Bonchev–Trinajstić information content (AvgIpc) is 2.84. The molecule has 0 spiro atoms. The lowest BCUT2D eigenvalue weighted by atomic mass is 9.84. The summed E-state index contributed by atoms with van der Waals surface area (Å²) < 4.78 is 0. The van der Waals surface area contributed by atoms with Crippen LogP contribution in [0.5, 0.6) is 0 Å². The van der Waals surface area contributed by atoms with E-state index in [9.17, 15) is 0 Å². The summed E-state index contributed by atoms with van der Waals surface area (Å²) in [7, 11) is 0. The third kappa shape index (κ3) is 2.31. The highest BCUT2D eigenvalue weighted by Gasteiger charge is 2.33. The summed E-state index contributed by atoms with van der Waals surface area (Å²) in [5.41, 5.74) is 1.48. The van der Waals surface area contributed by atoms with Crippen molar-refractivity contribution in [1.82, 2.24) is 10.2 Å². The molecule has 1 aromatic rings. The Morgan fingerprint density at radius 1 is 1.38 bits per heavy atom. The van der Waals surface area contributed by atoms with Crippen LogP contribution in [0.1, 0.15) is 18.4 Å². The number of nitrogens with zero attached hydrogens (tertiary/aromatic N) is 1. The zero-order valence-corrected chi connectivity index (χ0v) is 10.5. The summed E-state index contributed by atoms with van der Waals surface area (Å²) in [6.07, 6.45) is 4.01. The molecular weight excluding hydrogens is 216 g/mol. The van der Waals surface area contributed by atoms with Gasteiger partial charge in [0.15, 0.2) is 0 Å². The van der Waals surface area contributed by atoms with Crippen molar-refractivity contribution in [3.8, 4) is 0 Å². The minimum Gasteiger partial charge on any atom is -0.312 e. The number of nitrogens with one attached hydrogen (secondary N) is 1. The third-order valence-electron chi connectivity index (χ3n) is 4.06. The Balaban J connectivity index is 1.45. The number of thiophene rings is 1. The van der Waals surface area contributed by atoms with E-state index in [1.165, 1.54) is 44.5 Å². The molecule has 4 heterocycles. The average molecular weight is 236 g/mol. The van der Waals surface area contributed by atoms with Crippen molar-refractivity contribution in [3.05, 3.63) is 22.4 Å². The van der Waals surface area contributed by atoms with Gasteiger partial charge in [0.25, 0.3) is 0 Å². The second-order valence-electron chi connectivity index (χ2n) is 5.08. The molecule has 1 unspecified atom stereocenters. The van der Waals surface area contributed by atoms with Crippen LogP contribution in [0.3, 0.4) is 0 Å². The van der Waals surface area contributed by atoms with Crippen LogP contribution in [-0.4, -0.2) is 37.1 Å². The predicted molar refractivity (Wildman–Crippen MR) is 69.0 cm³/mol. The summed E-state index contributed by atoms with van der Waals surface area (Å²) in [5.74, 6) is 0.951. The fourth-order valence-electron chi connectivity index (χ4n) is 3.03. The van der Waals surface area contributed by atoms with Crippen molar-refractivity contribution in [3.63, 3.8) is 0 Å². The van der Waals surface area contributed by atoms with Crippen LogP contribution in [0, 0.1) is 5.92 Å². The molecule has 3 saturated heterocycles. The molecule has 3 fully saturated rings. The summed E-state index contributed by atoms with van der Waals surface area (Å²) in [5, 5.41) is 8.19. The SMILES string of the molecule is c1cc(CCNC2CN3CCC2CC3)cs1. The summed E-state index contributed by atoms with van der Waals surface area (Å²) in [6, 6.07) is 3.00. The molecule has 0 saturated carbocycles. The van der Waals surface area contributed by atoms with Gasteiger partial charge in [-0.15, -0.1) is 0 Å². The Labute approximate surface area is 102 Å². The molecule has 1 aromatic heterocycles. The minimum absolute atomic E-state index is 0.765. The lowest BCUT2D eigenvalue weighted by molar-refractivity contribution is 0.0731. The predicted octanol–water partition coefficient (Wildman–Crippen LogP) is 1.97. The highest BCUT2D eigenvalue weighted by atomic mass is 32.1. The molecular formula is C13H20N2S. The molecule has 0 amide bonds. The first-order valence-corrected chi connectivity index (χ1v) is 7.33. The van der Waals surface area contributed by atoms with Crippen LogP contribution >= 0.6 is 11.3 Å². The van der Waals surface area contributed by atoms with E-state index in [0.29, 0.717) is 0 Å². The monoisotopic (exact) mass is 236 g/mol. The zero-order chi connectivity index (χ0) is 10.8. The maximum Gasteiger partial charge on any atom is 0.0224 e. The van der Waals surface area contributed by atoms with E-state index in [-0.39, 0.29) is 0 Å². The van der Waals surface area contributed by atoms with Crippen molar-refractivity contribution in [2.24, 2.45) is 5.92 Å². The summed E-state index contributed by atoms with van der Waals surface area (Å²) in [4.78, 5) is 2.61. The van der Waals surface area contributed by atoms with Crippen LogP contribution in [0.25, 0.3) is 0 Å². The topological polar surface area (TPSA) is 15.3 Å². The van der Waals surface area contributed by atoms with Gasteiger partial charge in [-0.3, -0.25) is 0 Å². The van der Waals surface area contributed by atoms with Gasteiger partial charge in [-0.05, 0) is 67.2 Å². The highest BCUT2D eigenvalue weighted by molar-refractivity contribution is 7.07. The van der Waals surface area contributed by atoms with Crippen LogP contribution in [0.2, 0.25) is 0 Å². The lowest BCUT2D eigenvalue weighted by Crippen LogP contribution is -2.56. The van der Waals surface area contributed by atoms with Crippen molar-refractivity contribution in [1.29, 1.82) is 0 Å². The molecule has 3 aliphatic heterocycles. The first kappa shape index (κ1) is 10.8. The number of piperidine rings is 3. The van der Waals surface area contributed by atoms with Crippen LogP contribution in [0.4, 0.5) is 0 Å². The highest BCUT2D eigenvalue weighted by Crippen LogP contribution is 2.27. The molecule has 4 rings (SSSR count). The van der Waals surface area contributed by atoms with Gasteiger partial charge in [0, 0.05) is 12.6 Å². The summed E-state index contributed by atoms with van der Waals surface area (Å²) >= 11 is 1.80. The number of fused-ring (bicyclic) bond motifs is 3. The van der Waals surface area contributed by atoms with E-state index in [1.54, 1.807) is 11.3 Å². The van der Waals surface area contributed by atoms with Gasteiger partial charge in [-0.1, -0.05) is 0 Å². The fraction of sp³-hybridized carbons (Fsp3) is 0.692. The maximum absolute atomic E-state index is 3.75. The Kier molecular flexibility index (Phi) is 3.27. The van der Waals surface area contributed by atoms with Gasteiger partial charge in [0.2, 0.25) is 0 Å². The molecule has 2 nitrogen and oxygen atoms in total. The summed E-state index contributed by atoms with van der Waals surface area (Å²) in [6.45, 7) is 5.11. The van der Waals surface area contributed by atoms with Gasteiger partial charge in [-0.2, -0.15) is 11.3 Å². The normalized spacial score (nSPS) is 33.1. The van der Waals surface area contributed by atoms with E-state index in [0.717, 1.165) is 18.5 Å². The standard InChI is InChI=1S/C13H20N2S/c1(11-4-8-16-10-11)5-14-13-9-15-6-2-12(13)3-7-15/h4,8,10,12-14H,1-3,5-7,9H2. The van der Waals surface area contributed by atoms with Crippen LogP contribution < -0.4 is 5.32 Å². The van der Waals surface area contributed by atoms with Crippen LogP contribution in [0.15, 0.2) is 16.8 Å². The minimum atomic E-state index is 0.765. The van der Waals surface area contributed by atoms with Gasteiger partial charge in [-0.25, -0.2) is 0 Å². The molecule has 3 aliphatic rings. The van der Waals surface area contributed by atoms with E-state index in [4.69, 9.17) is 0 Å². The molecule has 2 bridgehead atoms. The molecule has 3 heteroatoms. The van der Waals surface area contributed by atoms with Crippen LogP contribution in [-0.2, 0) is 6.42 Å². The van der Waals surface area contributed by atoms with E-state index in [2.05, 4.69) is 27.0 Å². The number of rotatable bonds is 4. The maximum atomic E-state index is 3.75. The smallest absolute Gasteiger partial charge is 0.0224 e. The first-order chi connectivity index (χ1) is 7.92. The van der Waals surface area contributed by atoms with Crippen molar-refractivity contribution in [2.75, 3.05) is 26.2 Å². The Morgan fingerprint density at radius 2 is 2.25 bits per heavy atom. The second-order valence-corrected chi connectivity index (χ2v) is 5.86. The first-order valence-electron chi connectivity index (χ1n) is 6.38.